The number of hydrogen-bond acceptors (Lipinski definition) is 4. The first-order valence-electron chi connectivity index (χ1n) is 8.96. The maximum atomic E-state index is 13.1. The number of hydrogen-bond donors (Lipinski definition) is 1. The van der Waals surface area contributed by atoms with Crippen LogP contribution in [0, 0.1) is 0 Å². The Bertz CT molecular complexity index is 860. The van der Waals surface area contributed by atoms with E-state index in [0.29, 0.717) is 38.2 Å². The summed E-state index contributed by atoms with van der Waals surface area (Å²) < 4.78 is 1.75. The van der Waals surface area contributed by atoms with Gasteiger partial charge in [-0.1, -0.05) is 25.1 Å². The third-order valence-corrected chi connectivity index (χ3v) is 5.26. The Morgan fingerprint density at radius 2 is 2.04 bits per heavy atom. The molecule has 0 saturated carbocycles. The Kier molecular flexibility index (Phi) is 4.24. The van der Waals surface area contributed by atoms with Gasteiger partial charge >= 0.3 is 0 Å². The molecule has 0 bridgehead atoms. The second-order valence-electron chi connectivity index (χ2n) is 6.77. The zero-order valence-electron chi connectivity index (χ0n) is 14.8. The predicted octanol–water partition coefficient (Wildman–Crippen LogP) is 1.15. The van der Waals surface area contributed by atoms with Crippen LogP contribution in [0.25, 0.3) is 0 Å². The van der Waals surface area contributed by atoms with Crippen LogP contribution in [0.1, 0.15) is 40.5 Å². The SMILES string of the molecule is CCC(C(=O)N1Cc2cnn(CCO)c2C1)N1Cc2ccccc2C1=O. The zero-order valence-corrected chi connectivity index (χ0v) is 14.8. The van der Waals surface area contributed by atoms with Crippen molar-refractivity contribution in [2.45, 2.75) is 45.6 Å². The van der Waals surface area contributed by atoms with Crippen LogP contribution in [0.3, 0.4) is 0 Å². The fraction of sp³-hybridized carbons (Fsp3) is 0.421. The van der Waals surface area contributed by atoms with Gasteiger partial charge in [0, 0.05) is 24.2 Å². The summed E-state index contributed by atoms with van der Waals surface area (Å²) in [7, 11) is 0. The Balaban J connectivity index is 1.52. The molecule has 7 nitrogen and oxygen atoms in total. The van der Waals surface area contributed by atoms with E-state index < -0.39 is 6.04 Å². The summed E-state index contributed by atoms with van der Waals surface area (Å²) in [4.78, 5) is 29.4. The molecule has 7 heteroatoms. The highest BCUT2D eigenvalue weighted by atomic mass is 16.3. The molecule has 0 saturated heterocycles. The number of nitrogens with zero attached hydrogens (tertiary/aromatic N) is 4. The summed E-state index contributed by atoms with van der Waals surface area (Å²) in [6.45, 7) is 3.84. The second kappa shape index (κ2) is 6.57. The number of carbonyl (C=O) groups excluding carboxylic acids is 2. The van der Waals surface area contributed by atoms with E-state index in [1.54, 1.807) is 20.7 Å². The van der Waals surface area contributed by atoms with Crippen LogP contribution in [0.4, 0.5) is 0 Å². The quantitative estimate of drug-likeness (QED) is 0.874. The zero-order chi connectivity index (χ0) is 18.3. The third kappa shape index (κ3) is 2.59. The average Bonchev–Trinajstić information content (AvgIpc) is 3.31. The molecule has 2 aliphatic rings. The molecule has 1 aromatic carbocycles. The van der Waals surface area contributed by atoms with Crippen LogP contribution in [-0.2, 0) is 31.0 Å². The van der Waals surface area contributed by atoms with Crippen molar-refractivity contribution < 1.29 is 14.7 Å². The number of aliphatic hydroxyl groups is 1. The Hall–Kier alpha value is -2.67. The largest absolute Gasteiger partial charge is 0.394 e. The number of carbonyl (C=O) groups is 2. The summed E-state index contributed by atoms with van der Waals surface area (Å²) >= 11 is 0. The first-order valence-corrected chi connectivity index (χ1v) is 8.96. The second-order valence-corrected chi connectivity index (χ2v) is 6.77. The number of rotatable bonds is 5. The molecule has 1 atom stereocenters. The van der Waals surface area contributed by atoms with Crippen LogP contribution in [-0.4, -0.2) is 49.1 Å². The molecule has 0 aliphatic carbocycles. The standard InChI is InChI=1S/C19H22N4O3/c1-2-16(22-11-13-5-3-4-6-15(13)18(22)25)19(26)21-10-14-9-20-23(7-8-24)17(14)12-21/h3-6,9,16,24H,2,7-8,10-12H2,1H3. The molecule has 0 fully saturated rings. The van der Waals surface area contributed by atoms with E-state index in [1.807, 2.05) is 31.2 Å². The predicted molar refractivity (Wildman–Crippen MR) is 94.0 cm³/mol. The lowest BCUT2D eigenvalue weighted by Crippen LogP contribution is -2.47. The maximum Gasteiger partial charge on any atom is 0.255 e. The van der Waals surface area contributed by atoms with Gasteiger partial charge in [0.25, 0.3) is 5.91 Å². The van der Waals surface area contributed by atoms with Crippen molar-refractivity contribution in [3.05, 3.63) is 52.8 Å². The van der Waals surface area contributed by atoms with Gasteiger partial charge in [-0.25, -0.2) is 0 Å². The third-order valence-electron chi connectivity index (χ3n) is 5.26. The fourth-order valence-electron chi connectivity index (χ4n) is 3.92. The van der Waals surface area contributed by atoms with Gasteiger partial charge in [-0.2, -0.15) is 5.10 Å². The van der Waals surface area contributed by atoms with Crippen molar-refractivity contribution in [2.75, 3.05) is 6.61 Å². The van der Waals surface area contributed by atoms with Gasteiger partial charge in [-0.05, 0) is 18.1 Å². The van der Waals surface area contributed by atoms with E-state index >= 15 is 0 Å². The summed E-state index contributed by atoms with van der Waals surface area (Å²) in [5, 5.41) is 13.4. The summed E-state index contributed by atoms with van der Waals surface area (Å²) in [6, 6.07) is 7.08. The van der Waals surface area contributed by atoms with Crippen LogP contribution >= 0.6 is 0 Å². The van der Waals surface area contributed by atoms with Crippen LogP contribution < -0.4 is 0 Å². The number of aromatic nitrogens is 2. The van der Waals surface area contributed by atoms with Gasteiger partial charge in [-0.3, -0.25) is 14.3 Å². The summed E-state index contributed by atoms with van der Waals surface area (Å²) in [5.41, 5.74) is 3.66. The minimum atomic E-state index is -0.460. The molecule has 1 unspecified atom stereocenters. The van der Waals surface area contributed by atoms with Crippen molar-refractivity contribution in [1.82, 2.24) is 19.6 Å². The fourth-order valence-corrected chi connectivity index (χ4v) is 3.92. The lowest BCUT2D eigenvalue weighted by Gasteiger charge is -2.29. The van der Waals surface area contributed by atoms with Crippen molar-refractivity contribution in [3.8, 4) is 0 Å². The Morgan fingerprint density at radius 3 is 2.77 bits per heavy atom. The normalized spacial score (nSPS) is 16.8. The van der Waals surface area contributed by atoms with Gasteiger partial charge in [0.2, 0.25) is 5.91 Å². The molecule has 26 heavy (non-hydrogen) atoms. The van der Waals surface area contributed by atoms with Crippen molar-refractivity contribution >= 4 is 11.8 Å². The molecular formula is C19H22N4O3. The molecule has 3 heterocycles. The minimum absolute atomic E-state index is 0.0141. The van der Waals surface area contributed by atoms with E-state index in [2.05, 4.69) is 5.10 Å². The summed E-state index contributed by atoms with van der Waals surface area (Å²) in [6.07, 6.45) is 2.34. The van der Waals surface area contributed by atoms with Gasteiger partial charge in [0.15, 0.2) is 0 Å². The highest BCUT2D eigenvalue weighted by Crippen LogP contribution is 2.29. The van der Waals surface area contributed by atoms with Crippen molar-refractivity contribution in [1.29, 1.82) is 0 Å². The van der Waals surface area contributed by atoms with Crippen LogP contribution in [0.15, 0.2) is 30.5 Å². The lowest BCUT2D eigenvalue weighted by atomic mass is 10.1. The van der Waals surface area contributed by atoms with Crippen LogP contribution in [0.5, 0.6) is 0 Å². The van der Waals surface area contributed by atoms with Gasteiger partial charge < -0.3 is 14.9 Å². The molecular weight excluding hydrogens is 332 g/mol. The first kappa shape index (κ1) is 16.8. The summed E-state index contributed by atoms with van der Waals surface area (Å²) in [5.74, 6) is -0.0932. The topological polar surface area (TPSA) is 78.7 Å². The van der Waals surface area contributed by atoms with E-state index in [0.717, 1.165) is 16.8 Å². The molecule has 2 aliphatic heterocycles. The number of fused-ring (bicyclic) bond motifs is 2. The monoisotopic (exact) mass is 354 g/mol. The number of benzene rings is 1. The molecule has 4 rings (SSSR count). The highest BCUT2D eigenvalue weighted by molar-refractivity contribution is 6.01. The average molecular weight is 354 g/mol. The molecule has 0 spiro atoms. The Labute approximate surface area is 151 Å². The maximum absolute atomic E-state index is 13.1. The molecule has 1 aromatic heterocycles. The van der Waals surface area contributed by atoms with Crippen molar-refractivity contribution in [3.63, 3.8) is 0 Å². The van der Waals surface area contributed by atoms with E-state index in [1.165, 1.54) is 0 Å². The number of amides is 2. The van der Waals surface area contributed by atoms with Crippen LogP contribution in [0.2, 0.25) is 0 Å². The minimum Gasteiger partial charge on any atom is -0.394 e. The smallest absolute Gasteiger partial charge is 0.255 e. The van der Waals surface area contributed by atoms with Gasteiger partial charge in [0.1, 0.15) is 6.04 Å². The first-order chi connectivity index (χ1) is 12.6. The molecule has 1 N–H and O–H groups in total. The highest BCUT2D eigenvalue weighted by Gasteiger charge is 2.38. The molecule has 2 aromatic rings. The molecule has 0 radical (unpaired) electrons. The number of aliphatic hydroxyl groups excluding tert-OH is 1. The Morgan fingerprint density at radius 1 is 1.23 bits per heavy atom. The van der Waals surface area contributed by atoms with Gasteiger partial charge in [-0.15, -0.1) is 0 Å². The molecule has 2 amide bonds. The van der Waals surface area contributed by atoms with E-state index in [-0.39, 0.29) is 18.4 Å². The molecule has 136 valence electrons. The van der Waals surface area contributed by atoms with E-state index in [9.17, 15) is 9.59 Å². The van der Waals surface area contributed by atoms with Crippen molar-refractivity contribution in [2.24, 2.45) is 0 Å². The van der Waals surface area contributed by atoms with E-state index in [4.69, 9.17) is 5.11 Å². The lowest BCUT2D eigenvalue weighted by molar-refractivity contribution is -0.137. The van der Waals surface area contributed by atoms with Gasteiger partial charge in [0.05, 0.1) is 31.6 Å².